The molecule has 1 heterocycles. The van der Waals surface area contributed by atoms with Gasteiger partial charge in [-0.2, -0.15) is 0 Å². The minimum absolute atomic E-state index is 0.0567. The van der Waals surface area contributed by atoms with E-state index in [2.05, 4.69) is 21.2 Å². The molecule has 0 spiro atoms. The van der Waals surface area contributed by atoms with Crippen LogP contribution in [-0.2, 0) is 9.59 Å². The Morgan fingerprint density at radius 1 is 1.27 bits per heavy atom. The Hall–Kier alpha value is -1.05. The van der Waals surface area contributed by atoms with Gasteiger partial charge in [-0.3, -0.25) is 14.5 Å². The van der Waals surface area contributed by atoms with Crippen LogP contribution < -0.4 is 11.1 Å². The molecule has 2 rings (SSSR count). The monoisotopic (exact) mass is 385 g/mol. The molecule has 5 nitrogen and oxygen atoms in total. The quantitative estimate of drug-likeness (QED) is 0.729. The van der Waals surface area contributed by atoms with Crippen molar-refractivity contribution in [3.8, 4) is 0 Å². The molecule has 0 aromatic heterocycles. The summed E-state index contributed by atoms with van der Waals surface area (Å²) in [7, 11) is 0. The zero-order valence-electron chi connectivity index (χ0n) is 12.3. The highest BCUT2D eigenvalue weighted by Gasteiger charge is 2.21. The van der Waals surface area contributed by atoms with Crippen molar-refractivity contribution < 1.29 is 9.59 Å². The Morgan fingerprint density at radius 2 is 1.91 bits per heavy atom. The molecular weight excluding hydrogens is 366 g/mol. The molecular formula is C15H20BrN3O2S. The second-order valence-electron chi connectivity index (χ2n) is 5.33. The number of halogens is 1. The third-order valence-electron chi connectivity index (χ3n) is 3.52. The maximum atomic E-state index is 12.0. The summed E-state index contributed by atoms with van der Waals surface area (Å²) < 4.78 is 1.03. The number of hydrogen-bond donors (Lipinski definition) is 2. The molecule has 1 aromatic rings. The molecule has 0 bridgehead atoms. The number of amides is 2. The fraction of sp³-hybridized carbons (Fsp3) is 0.467. The number of primary amides is 1. The maximum Gasteiger partial charge on any atom is 0.231 e. The van der Waals surface area contributed by atoms with Crippen LogP contribution >= 0.6 is 27.7 Å². The summed E-state index contributed by atoms with van der Waals surface area (Å²) in [6.07, 6.45) is 1.73. The third kappa shape index (κ3) is 5.98. The molecule has 0 radical (unpaired) electrons. The topological polar surface area (TPSA) is 75.4 Å². The molecule has 0 unspecified atom stereocenters. The first-order valence-corrected chi connectivity index (χ1v) is 8.99. The number of nitrogens with two attached hydrogens (primary N) is 1. The fourth-order valence-corrected chi connectivity index (χ4v) is 3.38. The van der Waals surface area contributed by atoms with Gasteiger partial charge in [0.15, 0.2) is 0 Å². The molecule has 1 aromatic carbocycles. The summed E-state index contributed by atoms with van der Waals surface area (Å²) >= 11 is 4.92. The van der Waals surface area contributed by atoms with E-state index in [1.54, 1.807) is 0 Å². The third-order valence-corrected chi connectivity index (χ3v) is 5.06. The van der Waals surface area contributed by atoms with Crippen LogP contribution in [0.1, 0.15) is 12.8 Å². The lowest BCUT2D eigenvalue weighted by Gasteiger charge is -2.31. The van der Waals surface area contributed by atoms with Crippen LogP contribution in [-0.4, -0.2) is 48.1 Å². The van der Waals surface area contributed by atoms with Crippen molar-refractivity contribution in [2.45, 2.75) is 23.8 Å². The number of hydrogen-bond acceptors (Lipinski definition) is 4. The molecule has 2 amide bonds. The summed E-state index contributed by atoms with van der Waals surface area (Å²) in [6.45, 7) is 1.90. The lowest BCUT2D eigenvalue weighted by molar-refractivity contribution is -0.121. The summed E-state index contributed by atoms with van der Waals surface area (Å²) in [4.78, 5) is 26.0. The number of nitrogens with one attached hydrogen (secondary N) is 1. The van der Waals surface area contributed by atoms with E-state index in [0.717, 1.165) is 35.3 Å². The molecule has 1 fully saturated rings. The second kappa shape index (κ2) is 8.55. The number of thioether (sulfide) groups is 1. The first-order chi connectivity index (χ1) is 10.5. The normalized spacial score (nSPS) is 16.4. The van der Waals surface area contributed by atoms with E-state index >= 15 is 0 Å². The molecule has 1 aliphatic heterocycles. The lowest BCUT2D eigenvalue weighted by atomic mass is 10.1. The Bertz CT molecular complexity index is 516. The van der Waals surface area contributed by atoms with Crippen molar-refractivity contribution in [2.24, 2.45) is 5.73 Å². The standard InChI is InChI=1S/C15H20BrN3O2S/c16-11-1-3-13(4-2-11)22-10-15(21)18-12-5-7-19(8-6-12)9-14(17)20/h1-4,12H,5-10H2,(H2,17,20)(H,18,21). The molecule has 3 N–H and O–H groups in total. The second-order valence-corrected chi connectivity index (χ2v) is 7.29. The first-order valence-electron chi connectivity index (χ1n) is 7.21. The Labute approximate surface area is 143 Å². The smallest absolute Gasteiger partial charge is 0.231 e. The summed E-state index contributed by atoms with van der Waals surface area (Å²) in [5, 5.41) is 3.06. The van der Waals surface area contributed by atoms with Crippen LogP contribution in [0.3, 0.4) is 0 Å². The van der Waals surface area contributed by atoms with E-state index in [9.17, 15) is 9.59 Å². The van der Waals surface area contributed by atoms with Gasteiger partial charge in [-0.25, -0.2) is 0 Å². The van der Waals surface area contributed by atoms with Gasteiger partial charge >= 0.3 is 0 Å². The molecule has 120 valence electrons. The molecule has 0 atom stereocenters. The van der Waals surface area contributed by atoms with E-state index < -0.39 is 0 Å². The van der Waals surface area contributed by atoms with Crippen molar-refractivity contribution in [3.63, 3.8) is 0 Å². The highest BCUT2D eigenvalue weighted by Crippen LogP contribution is 2.20. The van der Waals surface area contributed by atoms with Crippen LogP contribution in [0.25, 0.3) is 0 Å². The van der Waals surface area contributed by atoms with Crippen LogP contribution in [0, 0.1) is 0 Å². The number of nitrogens with zero attached hydrogens (tertiary/aromatic N) is 1. The van der Waals surface area contributed by atoms with Gasteiger partial charge in [0.2, 0.25) is 11.8 Å². The van der Waals surface area contributed by atoms with Crippen molar-refractivity contribution in [1.29, 1.82) is 0 Å². The van der Waals surface area contributed by atoms with E-state index in [1.807, 2.05) is 29.2 Å². The van der Waals surface area contributed by atoms with E-state index in [0.29, 0.717) is 12.3 Å². The van der Waals surface area contributed by atoms with Gasteiger partial charge in [-0.1, -0.05) is 15.9 Å². The number of rotatable bonds is 6. The van der Waals surface area contributed by atoms with Crippen LogP contribution in [0.2, 0.25) is 0 Å². The van der Waals surface area contributed by atoms with Crippen molar-refractivity contribution in [1.82, 2.24) is 10.2 Å². The minimum atomic E-state index is -0.298. The summed E-state index contributed by atoms with van der Waals surface area (Å²) in [5.41, 5.74) is 5.19. The van der Waals surface area contributed by atoms with E-state index in [4.69, 9.17) is 5.73 Å². The molecule has 1 aliphatic rings. The largest absolute Gasteiger partial charge is 0.369 e. The van der Waals surface area contributed by atoms with E-state index in [1.165, 1.54) is 11.8 Å². The molecule has 22 heavy (non-hydrogen) atoms. The van der Waals surface area contributed by atoms with Crippen LogP contribution in [0.4, 0.5) is 0 Å². The van der Waals surface area contributed by atoms with Crippen molar-refractivity contribution in [2.75, 3.05) is 25.4 Å². The zero-order chi connectivity index (χ0) is 15.9. The highest BCUT2D eigenvalue weighted by molar-refractivity contribution is 9.10. The predicted octanol–water partition coefficient (Wildman–Crippen LogP) is 1.61. The maximum absolute atomic E-state index is 12.0. The van der Waals surface area contributed by atoms with Crippen molar-refractivity contribution in [3.05, 3.63) is 28.7 Å². The molecule has 0 saturated carbocycles. The highest BCUT2D eigenvalue weighted by atomic mass is 79.9. The molecule has 0 aliphatic carbocycles. The predicted molar refractivity (Wildman–Crippen MR) is 91.7 cm³/mol. The minimum Gasteiger partial charge on any atom is -0.369 e. The van der Waals surface area contributed by atoms with Crippen LogP contribution in [0.5, 0.6) is 0 Å². The summed E-state index contributed by atoms with van der Waals surface area (Å²) in [6, 6.07) is 8.11. The average Bonchev–Trinajstić information content (AvgIpc) is 2.48. The Balaban J connectivity index is 1.67. The van der Waals surface area contributed by atoms with Gasteiger partial charge in [0.1, 0.15) is 0 Å². The van der Waals surface area contributed by atoms with Gasteiger partial charge < -0.3 is 11.1 Å². The van der Waals surface area contributed by atoms with E-state index in [-0.39, 0.29) is 17.9 Å². The van der Waals surface area contributed by atoms with Gasteiger partial charge in [0.25, 0.3) is 0 Å². The number of carbonyl (C=O) groups excluding carboxylic acids is 2. The Morgan fingerprint density at radius 3 is 2.50 bits per heavy atom. The lowest BCUT2D eigenvalue weighted by Crippen LogP contribution is -2.47. The zero-order valence-corrected chi connectivity index (χ0v) is 14.7. The fourth-order valence-electron chi connectivity index (χ4n) is 2.40. The SMILES string of the molecule is NC(=O)CN1CCC(NC(=O)CSc2ccc(Br)cc2)CC1. The number of piperidine rings is 1. The average molecular weight is 386 g/mol. The van der Waals surface area contributed by atoms with Gasteiger partial charge in [-0.05, 0) is 37.1 Å². The van der Waals surface area contributed by atoms with Gasteiger partial charge in [0, 0.05) is 28.5 Å². The number of carbonyl (C=O) groups is 2. The Kier molecular flexibility index (Phi) is 6.72. The van der Waals surface area contributed by atoms with Gasteiger partial charge in [0.05, 0.1) is 12.3 Å². The van der Waals surface area contributed by atoms with Gasteiger partial charge in [-0.15, -0.1) is 11.8 Å². The number of likely N-dealkylation sites (tertiary alicyclic amines) is 1. The summed E-state index contributed by atoms with van der Waals surface area (Å²) in [5.74, 6) is 0.179. The van der Waals surface area contributed by atoms with Crippen molar-refractivity contribution >= 4 is 39.5 Å². The number of benzene rings is 1. The molecule has 7 heteroatoms. The molecule has 1 saturated heterocycles. The first kappa shape index (κ1) is 17.3. The van der Waals surface area contributed by atoms with Crippen LogP contribution in [0.15, 0.2) is 33.6 Å².